The SMILES string of the molecule is CC1(C)[C@H]2CC3=N[C@H](Cc4ccccc4)C(=O)O[C@]3(C)[C@@H]1C2. The average molecular weight is 297 g/mol. The van der Waals surface area contributed by atoms with Crippen molar-refractivity contribution in [3.63, 3.8) is 0 Å². The highest BCUT2D eigenvalue weighted by Gasteiger charge is 2.65. The predicted octanol–water partition coefficient (Wildman–Crippen LogP) is 3.42. The van der Waals surface area contributed by atoms with E-state index in [1.165, 1.54) is 6.42 Å². The second-order valence-electron chi connectivity index (χ2n) is 7.82. The number of ether oxygens (including phenoxy) is 1. The molecule has 3 heteroatoms. The van der Waals surface area contributed by atoms with Crippen LogP contribution in [0.3, 0.4) is 0 Å². The zero-order chi connectivity index (χ0) is 15.5. The van der Waals surface area contributed by atoms with E-state index in [4.69, 9.17) is 9.73 Å². The molecule has 3 nitrogen and oxygen atoms in total. The van der Waals surface area contributed by atoms with Crippen molar-refractivity contribution in [1.82, 2.24) is 0 Å². The first-order valence-corrected chi connectivity index (χ1v) is 8.25. The highest BCUT2D eigenvalue weighted by atomic mass is 16.6. The summed E-state index contributed by atoms with van der Waals surface area (Å²) in [7, 11) is 0. The van der Waals surface area contributed by atoms with E-state index >= 15 is 0 Å². The Morgan fingerprint density at radius 1 is 1.23 bits per heavy atom. The van der Waals surface area contributed by atoms with Crippen molar-refractivity contribution in [2.45, 2.75) is 51.7 Å². The maximum atomic E-state index is 12.5. The molecule has 116 valence electrons. The Morgan fingerprint density at radius 2 is 1.95 bits per heavy atom. The van der Waals surface area contributed by atoms with E-state index in [2.05, 4.69) is 20.8 Å². The number of carbonyl (C=O) groups is 1. The van der Waals surface area contributed by atoms with E-state index in [9.17, 15) is 4.79 Å². The van der Waals surface area contributed by atoms with Gasteiger partial charge in [0.25, 0.3) is 0 Å². The molecule has 5 rings (SSSR count). The van der Waals surface area contributed by atoms with Crippen molar-refractivity contribution >= 4 is 11.7 Å². The van der Waals surface area contributed by atoms with Crippen LogP contribution in [0.15, 0.2) is 35.3 Å². The second-order valence-corrected chi connectivity index (χ2v) is 7.82. The van der Waals surface area contributed by atoms with Gasteiger partial charge in [-0.2, -0.15) is 0 Å². The topological polar surface area (TPSA) is 38.7 Å². The Bertz CT molecular complexity index is 649. The molecule has 3 aliphatic carbocycles. The van der Waals surface area contributed by atoms with Gasteiger partial charge in [0.2, 0.25) is 0 Å². The molecule has 0 saturated heterocycles. The molecule has 0 N–H and O–H groups in total. The van der Waals surface area contributed by atoms with Gasteiger partial charge >= 0.3 is 5.97 Å². The Labute approximate surface area is 131 Å². The molecule has 1 aliphatic heterocycles. The maximum Gasteiger partial charge on any atom is 0.332 e. The molecule has 0 unspecified atom stereocenters. The fraction of sp³-hybridized carbons (Fsp3) is 0.579. The molecule has 2 bridgehead atoms. The van der Waals surface area contributed by atoms with Gasteiger partial charge in [0, 0.05) is 12.3 Å². The lowest BCUT2D eigenvalue weighted by Crippen LogP contribution is -2.68. The Hall–Kier alpha value is -1.64. The van der Waals surface area contributed by atoms with Gasteiger partial charge in [-0.15, -0.1) is 0 Å². The van der Waals surface area contributed by atoms with Gasteiger partial charge in [-0.05, 0) is 36.7 Å². The molecular formula is C19H23NO2. The summed E-state index contributed by atoms with van der Waals surface area (Å²) in [5.74, 6) is 0.953. The molecule has 3 saturated carbocycles. The molecule has 0 aromatic heterocycles. The fourth-order valence-corrected chi connectivity index (χ4v) is 4.73. The molecular weight excluding hydrogens is 274 g/mol. The van der Waals surface area contributed by atoms with E-state index < -0.39 is 5.60 Å². The molecule has 3 fully saturated rings. The molecule has 1 aromatic rings. The summed E-state index contributed by atoms with van der Waals surface area (Å²) in [5.41, 5.74) is 2.05. The number of esters is 1. The molecule has 1 heterocycles. The van der Waals surface area contributed by atoms with Crippen LogP contribution < -0.4 is 0 Å². The molecule has 1 aromatic carbocycles. The van der Waals surface area contributed by atoms with E-state index in [-0.39, 0.29) is 17.4 Å². The smallest absolute Gasteiger partial charge is 0.332 e. The first kappa shape index (κ1) is 14.0. The summed E-state index contributed by atoms with van der Waals surface area (Å²) in [4.78, 5) is 17.3. The highest BCUT2D eigenvalue weighted by Crippen LogP contribution is 2.63. The number of carbonyl (C=O) groups excluding carboxylic acids is 1. The van der Waals surface area contributed by atoms with Crippen LogP contribution in [0.5, 0.6) is 0 Å². The monoisotopic (exact) mass is 297 g/mol. The molecule has 0 amide bonds. The van der Waals surface area contributed by atoms with Gasteiger partial charge in [0.15, 0.2) is 11.6 Å². The van der Waals surface area contributed by atoms with Gasteiger partial charge in [-0.1, -0.05) is 44.2 Å². The summed E-state index contributed by atoms with van der Waals surface area (Å²) >= 11 is 0. The van der Waals surface area contributed by atoms with Crippen LogP contribution in [-0.4, -0.2) is 23.3 Å². The Balaban J connectivity index is 1.63. The largest absolute Gasteiger partial charge is 0.451 e. The maximum absolute atomic E-state index is 12.5. The summed E-state index contributed by atoms with van der Waals surface area (Å²) in [6.45, 7) is 6.68. The van der Waals surface area contributed by atoms with Crippen LogP contribution in [0.4, 0.5) is 0 Å². The predicted molar refractivity (Wildman–Crippen MR) is 85.9 cm³/mol. The van der Waals surface area contributed by atoms with Gasteiger partial charge in [-0.25, -0.2) is 4.79 Å². The molecule has 22 heavy (non-hydrogen) atoms. The summed E-state index contributed by atoms with van der Waals surface area (Å²) in [6.07, 6.45) is 2.79. The van der Waals surface area contributed by atoms with Crippen molar-refractivity contribution in [3.05, 3.63) is 35.9 Å². The third-order valence-corrected chi connectivity index (χ3v) is 6.32. The third kappa shape index (κ3) is 1.81. The fourth-order valence-electron chi connectivity index (χ4n) is 4.73. The van der Waals surface area contributed by atoms with Gasteiger partial charge in [-0.3, -0.25) is 4.99 Å². The van der Waals surface area contributed by atoms with Crippen molar-refractivity contribution in [3.8, 4) is 0 Å². The first-order valence-electron chi connectivity index (χ1n) is 8.25. The van der Waals surface area contributed by atoms with Crippen molar-refractivity contribution in [2.24, 2.45) is 22.2 Å². The van der Waals surface area contributed by atoms with Crippen LogP contribution in [-0.2, 0) is 16.0 Å². The average Bonchev–Trinajstić information content (AvgIpc) is 2.48. The van der Waals surface area contributed by atoms with Crippen molar-refractivity contribution in [1.29, 1.82) is 0 Å². The minimum absolute atomic E-state index is 0.156. The first-order chi connectivity index (χ1) is 10.4. The lowest BCUT2D eigenvalue weighted by atomic mass is 9.43. The van der Waals surface area contributed by atoms with E-state index in [0.717, 1.165) is 17.7 Å². The van der Waals surface area contributed by atoms with Gasteiger partial charge < -0.3 is 4.74 Å². The third-order valence-electron chi connectivity index (χ3n) is 6.32. The van der Waals surface area contributed by atoms with E-state index in [0.29, 0.717) is 18.3 Å². The lowest BCUT2D eigenvalue weighted by molar-refractivity contribution is -0.187. The molecule has 0 radical (unpaired) electrons. The number of hydrogen-bond donors (Lipinski definition) is 0. The summed E-state index contributed by atoms with van der Waals surface area (Å²) in [5, 5.41) is 0. The van der Waals surface area contributed by atoms with Crippen LogP contribution in [0.1, 0.15) is 39.2 Å². The minimum Gasteiger partial charge on any atom is -0.451 e. The van der Waals surface area contributed by atoms with Crippen molar-refractivity contribution in [2.75, 3.05) is 0 Å². The quantitative estimate of drug-likeness (QED) is 0.785. The standard InChI is InChI=1S/C19H23NO2/c1-18(2)13-10-15(18)19(3)16(11-13)20-14(17(21)22-19)9-12-7-5-4-6-8-12/h4-8,13-15H,9-11H2,1-3H3/t13-,14-,15-,19-/m1/s1. The van der Waals surface area contributed by atoms with Crippen LogP contribution in [0.25, 0.3) is 0 Å². The summed E-state index contributed by atoms with van der Waals surface area (Å²) in [6, 6.07) is 9.71. The number of nitrogens with zero attached hydrogens (tertiary/aromatic N) is 1. The Kier molecular flexibility index (Phi) is 2.82. The van der Waals surface area contributed by atoms with Crippen molar-refractivity contribution < 1.29 is 9.53 Å². The van der Waals surface area contributed by atoms with E-state index in [1.807, 2.05) is 30.3 Å². The molecule has 4 aliphatic rings. The number of hydrogen-bond acceptors (Lipinski definition) is 3. The summed E-state index contributed by atoms with van der Waals surface area (Å²) < 4.78 is 5.98. The van der Waals surface area contributed by atoms with Crippen LogP contribution >= 0.6 is 0 Å². The van der Waals surface area contributed by atoms with E-state index in [1.54, 1.807) is 0 Å². The Morgan fingerprint density at radius 3 is 2.64 bits per heavy atom. The molecule has 0 spiro atoms. The number of aliphatic imine (C=N–C) groups is 1. The number of rotatable bonds is 2. The normalized spacial score (nSPS) is 38.4. The number of benzene rings is 1. The minimum atomic E-state index is -0.470. The second kappa shape index (κ2) is 4.43. The lowest BCUT2D eigenvalue weighted by Gasteiger charge is -2.64. The zero-order valence-electron chi connectivity index (χ0n) is 13.5. The highest BCUT2D eigenvalue weighted by molar-refractivity contribution is 6.00. The molecule has 4 atom stereocenters. The van der Waals surface area contributed by atoms with Crippen LogP contribution in [0, 0.1) is 17.3 Å². The van der Waals surface area contributed by atoms with Gasteiger partial charge in [0.05, 0.1) is 5.71 Å². The van der Waals surface area contributed by atoms with Crippen LogP contribution in [0.2, 0.25) is 0 Å². The zero-order valence-corrected chi connectivity index (χ0v) is 13.5. The van der Waals surface area contributed by atoms with Gasteiger partial charge in [0.1, 0.15) is 0 Å².